The number of hydrogen-bond donors (Lipinski definition) is 2. The molecule has 1 aromatic carbocycles. The van der Waals surface area contributed by atoms with Crippen molar-refractivity contribution in [3.05, 3.63) is 29.6 Å². The van der Waals surface area contributed by atoms with Crippen LogP contribution in [0, 0.1) is 5.82 Å². The third-order valence-electron chi connectivity index (χ3n) is 3.95. The van der Waals surface area contributed by atoms with Crippen LogP contribution in [0.3, 0.4) is 0 Å². The van der Waals surface area contributed by atoms with E-state index in [0.29, 0.717) is 18.9 Å². The maximum Gasteiger partial charge on any atom is 0.573 e. The molecule has 8 heteroatoms. The Bertz CT molecular complexity index is 578. The summed E-state index contributed by atoms with van der Waals surface area (Å²) in [7, 11) is 0. The van der Waals surface area contributed by atoms with E-state index >= 15 is 0 Å². The Morgan fingerprint density at radius 2 is 1.76 bits per heavy atom. The van der Waals surface area contributed by atoms with Gasteiger partial charge in [0.1, 0.15) is 17.1 Å². The molecule has 0 aliphatic heterocycles. The number of carboxylic acids is 1. The Hall–Kier alpha value is -1.83. The van der Waals surface area contributed by atoms with Gasteiger partial charge in [0.2, 0.25) is 0 Å². The number of carbonyl (C=O) groups is 1. The summed E-state index contributed by atoms with van der Waals surface area (Å²) in [5, 5.41) is 9.46. The molecule has 0 heterocycles. The molecule has 1 unspecified atom stereocenters. The zero-order valence-corrected chi connectivity index (χ0v) is 14.0. The van der Waals surface area contributed by atoms with Crippen molar-refractivity contribution in [2.45, 2.75) is 63.8 Å². The first-order chi connectivity index (χ1) is 11.6. The molecule has 0 aliphatic rings. The van der Waals surface area contributed by atoms with Crippen LogP contribution < -0.4 is 10.5 Å². The zero-order valence-electron chi connectivity index (χ0n) is 14.0. The SMILES string of the molecule is CCCCCCCCC(N)(C(=O)O)c1cc(F)ccc1OC(F)(F)F. The fourth-order valence-electron chi connectivity index (χ4n) is 2.61. The van der Waals surface area contributed by atoms with E-state index in [1.807, 2.05) is 0 Å². The van der Waals surface area contributed by atoms with Crippen molar-refractivity contribution < 1.29 is 32.2 Å². The summed E-state index contributed by atoms with van der Waals surface area (Å²) in [6.07, 6.45) is -0.0938. The number of rotatable bonds is 10. The minimum atomic E-state index is -5.04. The van der Waals surface area contributed by atoms with E-state index in [9.17, 15) is 27.5 Å². The van der Waals surface area contributed by atoms with Crippen LogP contribution in [0.25, 0.3) is 0 Å². The lowest BCUT2D eigenvalue weighted by Gasteiger charge is -2.27. The van der Waals surface area contributed by atoms with E-state index in [0.717, 1.165) is 37.8 Å². The first-order valence-electron chi connectivity index (χ1n) is 8.18. The Balaban J connectivity index is 3.00. The summed E-state index contributed by atoms with van der Waals surface area (Å²) >= 11 is 0. The van der Waals surface area contributed by atoms with Crippen LogP contribution in [0.1, 0.15) is 57.4 Å². The molecule has 0 saturated carbocycles. The number of ether oxygens (including phenoxy) is 1. The third kappa shape index (κ3) is 6.53. The second-order valence-electron chi connectivity index (χ2n) is 5.98. The Morgan fingerprint density at radius 3 is 2.32 bits per heavy atom. The van der Waals surface area contributed by atoms with E-state index < -0.39 is 35.0 Å². The average Bonchev–Trinajstić information content (AvgIpc) is 2.50. The lowest BCUT2D eigenvalue weighted by molar-refractivity contribution is -0.275. The molecule has 0 saturated heterocycles. The maximum atomic E-state index is 13.5. The van der Waals surface area contributed by atoms with Crippen LogP contribution in [0.15, 0.2) is 18.2 Å². The lowest BCUT2D eigenvalue weighted by Crippen LogP contribution is -2.45. The fraction of sp³-hybridized carbons (Fsp3) is 0.588. The largest absolute Gasteiger partial charge is 0.573 e. The highest BCUT2D eigenvalue weighted by Crippen LogP contribution is 2.36. The number of halogens is 4. The average molecular weight is 365 g/mol. The number of aliphatic carboxylic acids is 1. The summed E-state index contributed by atoms with van der Waals surface area (Å²) in [6.45, 7) is 2.06. The highest BCUT2D eigenvalue weighted by molar-refractivity contribution is 5.81. The molecule has 0 bridgehead atoms. The van der Waals surface area contributed by atoms with Crippen LogP contribution >= 0.6 is 0 Å². The van der Waals surface area contributed by atoms with Gasteiger partial charge in [-0.05, 0) is 24.6 Å². The van der Waals surface area contributed by atoms with Gasteiger partial charge in [0.05, 0.1) is 0 Å². The quantitative estimate of drug-likeness (QED) is 0.465. The Kier molecular flexibility index (Phi) is 7.66. The predicted octanol–water partition coefficient (Wildman–Crippen LogP) is 4.71. The smallest absolute Gasteiger partial charge is 0.480 e. The van der Waals surface area contributed by atoms with Crippen molar-refractivity contribution in [3.8, 4) is 5.75 Å². The molecule has 0 spiro atoms. The van der Waals surface area contributed by atoms with Crippen molar-refractivity contribution >= 4 is 5.97 Å². The van der Waals surface area contributed by atoms with Gasteiger partial charge in [-0.25, -0.2) is 9.18 Å². The van der Waals surface area contributed by atoms with Gasteiger partial charge < -0.3 is 15.6 Å². The van der Waals surface area contributed by atoms with Gasteiger partial charge in [0.15, 0.2) is 0 Å². The topological polar surface area (TPSA) is 72.6 Å². The summed E-state index contributed by atoms with van der Waals surface area (Å²) in [5.74, 6) is -3.22. The van der Waals surface area contributed by atoms with Gasteiger partial charge in [-0.1, -0.05) is 45.4 Å². The van der Waals surface area contributed by atoms with Crippen molar-refractivity contribution in [1.82, 2.24) is 0 Å². The second kappa shape index (κ2) is 9.03. The summed E-state index contributed by atoms with van der Waals surface area (Å²) in [5.41, 5.74) is 3.20. The molecule has 0 amide bonds. The van der Waals surface area contributed by atoms with Crippen molar-refractivity contribution in [2.75, 3.05) is 0 Å². The minimum Gasteiger partial charge on any atom is -0.480 e. The molecule has 0 aromatic heterocycles. The van der Waals surface area contributed by atoms with Gasteiger partial charge in [0.25, 0.3) is 0 Å². The van der Waals surface area contributed by atoms with Crippen molar-refractivity contribution in [1.29, 1.82) is 0 Å². The first kappa shape index (κ1) is 21.2. The van der Waals surface area contributed by atoms with Crippen LogP contribution in [0.5, 0.6) is 5.75 Å². The molecule has 3 N–H and O–H groups in total. The van der Waals surface area contributed by atoms with Crippen LogP contribution in [0.4, 0.5) is 17.6 Å². The second-order valence-corrected chi connectivity index (χ2v) is 5.98. The summed E-state index contributed by atoms with van der Waals surface area (Å²) in [6, 6.07) is 2.19. The van der Waals surface area contributed by atoms with E-state index in [4.69, 9.17) is 5.73 Å². The molecule has 0 fully saturated rings. The monoisotopic (exact) mass is 365 g/mol. The van der Waals surface area contributed by atoms with Crippen LogP contribution in [-0.4, -0.2) is 17.4 Å². The van der Waals surface area contributed by atoms with Gasteiger partial charge >= 0.3 is 12.3 Å². The number of nitrogens with two attached hydrogens (primary N) is 1. The molecule has 4 nitrogen and oxygen atoms in total. The van der Waals surface area contributed by atoms with Crippen molar-refractivity contribution in [2.24, 2.45) is 5.73 Å². The maximum absolute atomic E-state index is 13.5. The lowest BCUT2D eigenvalue weighted by atomic mass is 9.85. The van der Waals surface area contributed by atoms with Crippen LogP contribution in [0.2, 0.25) is 0 Å². The predicted molar refractivity (Wildman–Crippen MR) is 84.6 cm³/mol. The number of benzene rings is 1. The van der Waals surface area contributed by atoms with Crippen molar-refractivity contribution in [3.63, 3.8) is 0 Å². The molecule has 142 valence electrons. The zero-order chi connectivity index (χ0) is 19.1. The van der Waals surface area contributed by atoms with E-state index in [1.54, 1.807) is 0 Å². The molecule has 1 aromatic rings. The summed E-state index contributed by atoms with van der Waals surface area (Å²) in [4.78, 5) is 11.6. The third-order valence-corrected chi connectivity index (χ3v) is 3.95. The number of carboxylic acid groups (broad SMARTS) is 1. The molecule has 25 heavy (non-hydrogen) atoms. The molecular weight excluding hydrogens is 342 g/mol. The van der Waals surface area contributed by atoms with Gasteiger partial charge in [-0.2, -0.15) is 0 Å². The minimum absolute atomic E-state index is 0.119. The first-order valence-corrected chi connectivity index (χ1v) is 8.18. The molecule has 0 radical (unpaired) electrons. The molecule has 0 aliphatic carbocycles. The van der Waals surface area contributed by atoms with Crippen LogP contribution in [-0.2, 0) is 10.3 Å². The number of unbranched alkanes of at least 4 members (excludes halogenated alkanes) is 5. The number of hydrogen-bond acceptors (Lipinski definition) is 3. The molecule has 1 atom stereocenters. The number of alkyl halides is 3. The highest BCUT2D eigenvalue weighted by Gasteiger charge is 2.41. The van der Waals surface area contributed by atoms with Gasteiger partial charge in [-0.15, -0.1) is 13.2 Å². The highest BCUT2D eigenvalue weighted by atomic mass is 19.4. The molecule has 1 rings (SSSR count). The fourth-order valence-corrected chi connectivity index (χ4v) is 2.61. The standard InChI is InChI=1S/C17H23F4NO3/c1-2-3-4-5-6-7-10-16(22,15(23)24)13-11-12(18)8-9-14(13)25-17(19,20)21/h8-9,11H,2-7,10,22H2,1H3,(H,23,24). The Labute approximate surface area is 144 Å². The normalized spacial score (nSPS) is 14.2. The van der Waals surface area contributed by atoms with E-state index in [2.05, 4.69) is 11.7 Å². The Morgan fingerprint density at radius 1 is 1.16 bits per heavy atom. The van der Waals surface area contributed by atoms with E-state index in [-0.39, 0.29) is 6.42 Å². The van der Waals surface area contributed by atoms with Gasteiger partial charge in [-0.3, -0.25) is 0 Å². The van der Waals surface area contributed by atoms with E-state index in [1.165, 1.54) is 0 Å². The molecular formula is C17H23F4NO3. The summed E-state index contributed by atoms with van der Waals surface area (Å²) < 4.78 is 54.9. The van der Waals surface area contributed by atoms with Gasteiger partial charge in [0, 0.05) is 5.56 Å².